The Labute approximate surface area is 281 Å². The number of anilines is 1. The van der Waals surface area contributed by atoms with Crippen LogP contribution in [-0.4, -0.2) is 34.9 Å². The number of ether oxygens (including phenoxy) is 3. The van der Waals surface area contributed by atoms with E-state index in [1.54, 1.807) is 55.5 Å². The maximum absolute atomic E-state index is 13.7. The van der Waals surface area contributed by atoms with Gasteiger partial charge in [-0.2, -0.15) is 0 Å². The van der Waals surface area contributed by atoms with Gasteiger partial charge < -0.3 is 19.3 Å². The molecule has 4 aromatic carbocycles. The molecular weight excluding hydrogens is 628 g/mol. The van der Waals surface area contributed by atoms with Gasteiger partial charge in [0.05, 0.1) is 24.4 Å². The van der Waals surface area contributed by atoms with Crippen LogP contribution in [0.4, 0.5) is 5.13 Å². The van der Waals surface area contributed by atoms with Crippen molar-refractivity contribution in [2.75, 3.05) is 12.0 Å². The van der Waals surface area contributed by atoms with E-state index in [0.717, 1.165) is 28.0 Å². The molecule has 2 heterocycles. The van der Waals surface area contributed by atoms with E-state index in [1.165, 1.54) is 12.0 Å². The molecular formula is C38H32N2O7S. The zero-order chi connectivity index (χ0) is 33.8. The Morgan fingerprint density at radius 3 is 2.12 bits per heavy atom. The third-order valence-electron chi connectivity index (χ3n) is 8.03. The number of aromatic nitrogens is 1. The second-order valence-electron chi connectivity index (χ2n) is 11.2. The number of aryl methyl sites for hydroxylation is 2. The number of methoxy groups -OCH3 is 1. The van der Waals surface area contributed by atoms with Crippen LogP contribution in [0.3, 0.4) is 0 Å². The summed E-state index contributed by atoms with van der Waals surface area (Å²) in [6, 6.07) is 30.2. The van der Waals surface area contributed by atoms with Gasteiger partial charge in [0.1, 0.15) is 35.3 Å². The van der Waals surface area contributed by atoms with Crippen LogP contribution in [0.5, 0.6) is 11.5 Å². The van der Waals surface area contributed by atoms with Gasteiger partial charge in [-0.3, -0.25) is 14.5 Å². The van der Waals surface area contributed by atoms with Gasteiger partial charge in [-0.05, 0) is 72.5 Å². The molecule has 6 rings (SSSR count). The fraction of sp³-hybridized carbons (Fsp3) is 0.158. The largest absolute Gasteiger partial charge is 0.507 e. The van der Waals surface area contributed by atoms with Crippen molar-refractivity contribution in [1.82, 2.24) is 4.98 Å². The van der Waals surface area contributed by atoms with Gasteiger partial charge in [-0.15, -0.1) is 0 Å². The highest BCUT2D eigenvalue weighted by Crippen LogP contribution is 2.44. The highest BCUT2D eigenvalue weighted by Gasteiger charge is 2.48. The van der Waals surface area contributed by atoms with Crippen LogP contribution in [0.2, 0.25) is 0 Å². The molecule has 10 heteroatoms. The highest BCUT2D eigenvalue weighted by molar-refractivity contribution is 7.17. The average molecular weight is 661 g/mol. The molecule has 1 atom stereocenters. The number of rotatable bonds is 10. The maximum atomic E-state index is 13.7. The lowest BCUT2D eigenvalue weighted by molar-refractivity contribution is -0.132. The quantitative estimate of drug-likeness (QED) is 0.0717. The van der Waals surface area contributed by atoms with Crippen LogP contribution in [0.15, 0.2) is 109 Å². The third kappa shape index (κ3) is 6.56. The number of carbonyl (C=O) groups is 3. The number of hydrogen-bond donors (Lipinski definition) is 1. The summed E-state index contributed by atoms with van der Waals surface area (Å²) < 4.78 is 16.8. The first-order valence-electron chi connectivity index (χ1n) is 15.2. The number of hydrogen-bond acceptors (Lipinski definition) is 9. The van der Waals surface area contributed by atoms with E-state index in [9.17, 15) is 19.5 Å². The molecule has 5 aromatic rings. The number of esters is 1. The van der Waals surface area contributed by atoms with Crippen molar-refractivity contribution in [3.05, 3.63) is 147 Å². The number of aliphatic hydroxyl groups excluding tert-OH is 1. The second kappa shape index (κ2) is 13.9. The average Bonchev–Trinajstić information content (AvgIpc) is 3.62. The summed E-state index contributed by atoms with van der Waals surface area (Å²) in [5.41, 5.74) is 4.27. The minimum atomic E-state index is -1.04. The van der Waals surface area contributed by atoms with Gasteiger partial charge in [-0.1, -0.05) is 78.1 Å². The SMILES string of the molecule is COC(=O)c1sc(N2C(=O)C(=O)/C(=C(/O)c3ccc(OCc4ccccc4C)cc3)C2c2ccc(OCc3ccccc3)cc2)nc1C. The molecule has 1 unspecified atom stereocenters. The summed E-state index contributed by atoms with van der Waals surface area (Å²) in [6.45, 7) is 4.37. The third-order valence-corrected chi connectivity index (χ3v) is 9.17. The molecule has 0 bridgehead atoms. The normalized spacial score (nSPS) is 15.4. The van der Waals surface area contributed by atoms with Crippen LogP contribution in [-0.2, 0) is 27.5 Å². The topological polar surface area (TPSA) is 115 Å². The number of amides is 1. The van der Waals surface area contributed by atoms with Crippen LogP contribution in [0.1, 0.15) is 49.2 Å². The molecule has 0 spiro atoms. The Hall–Kier alpha value is -5.74. The van der Waals surface area contributed by atoms with Gasteiger partial charge in [0.15, 0.2) is 5.13 Å². The van der Waals surface area contributed by atoms with Crippen LogP contribution >= 0.6 is 11.3 Å². The Morgan fingerprint density at radius 2 is 1.46 bits per heavy atom. The van der Waals surface area contributed by atoms with E-state index in [1.807, 2.05) is 61.5 Å². The molecule has 0 saturated carbocycles. The number of Topliss-reactive ketones (excluding diaryl/α,β-unsaturated/α-hetero) is 1. The molecule has 1 aliphatic heterocycles. The van der Waals surface area contributed by atoms with Crippen molar-refractivity contribution in [3.63, 3.8) is 0 Å². The molecule has 0 radical (unpaired) electrons. The molecule has 1 aliphatic rings. The summed E-state index contributed by atoms with van der Waals surface area (Å²) in [7, 11) is 1.26. The second-order valence-corrected chi connectivity index (χ2v) is 12.1. The van der Waals surface area contributed by atoms with E-state index in [4.69, 9.17) is 14.2 Å². The minimum absolute atomic E-state index is 0.112. The molecule has 1 fully saturated rings. The van der Waals surface area contributed by atoms with Crippen molar-refractivity contribution in [2.24, 2.45) is 0 Å². The number of ketones is 1. The molecule has 1 N–H and O–H groups in total. The molecule has 242 valence electrons. The Kier molecular flexibility index (Phi) is 9.36. The van der Waals surface area contributed by atoms with E-state index >= 15 is 0 Å². The predicted molar refractivity (Wildman–Crippen MR) is 182 cm³/mol. The van der Waals surface area contributed by atoms with Crippen LogP contribution < -0.4 is 14.4 Å². The van der Waals surface area contributed by atoms with E-state index in [0.29, 0.717) is 41.5 Å². The maximum Gasteiger partial charge on any atom is 0.350 e. The number of aliphatic hydroxyl groups is 1. The van der Waals surface area contributed by atoms with Gasteiger partial charge in [0, 0.05) is 5.56 Å². The lowest BCUT2D eigenvalue weighted by Gasteiger charge is -2.23. The number of nitrogens with zero attached hydrogens (tertiary/aromatic N) is 2. The number of carbonyl (C=O) groups excluding carboxylic acids is 3. The van der Waals surface area contributed by atoms with E-state index in [-0.39, 0.29) is 21.3 Å². The molecule has 1 amide bonds. The zero-order valence-electron chi connectivity index (χ0n) is 26.5. The zero-order valence-corrected chi connectivity index (χ0v) is 27.3. The predicted octanol–water partition coefficient (Wildman–Crippen LogP) is 7.33. The van der Waals surface area contributed by atoms with Gasteiger partial charge in [0.2, 0.25) is 0 Å². The molecule has 1 saturated heterocycles. The summed E-state index contributed by atoms with van der Waals surface area (Å²) >= 11 is 0.940. The first-order chi connectivity index (χ1) is 23.2. The molecule has 1 aromatic heterocycles. The van der Waals surface area contributed by atoms with Crippen molar-refractivity contribution in [1.29, 1.82) is 0 Å². The first kappa shape index (κ1) is 32.2. The van der Waals surface area contributed by atoms with Crippen molar-refractivity contribution < 1.29 is 33.7 Å². The van der Waals surface area contributed by atoms with Gasteiger partial charge in [0.25, 0.3) is 5.78 Å². The van der Waals surface area contributed by atoms with E-state index < -0.39 is 23.7 Å². The number of thiazole rings is 1. The standard InChI is InChI=1S/C38H32N2O7S/c1-23-9-7-8-12-28(23)22-47-30-19-15-27(16-20-30)33(41)31-32(26-13-17-29(18-14-26)46-21-25-10-5-4-6-11-25)40(36(43)34(31)42)38-39-24(2)35(48-38)37(44)45-3/h4-20,32,41H,21-22H2,1-3H3/b33-31+. The Bertz CT molecular complexity index is 2000. The Morgan fingerprint density at radius 1 is 0.833 bits per heavy atom. The summed E-state index contributed by atoms with van der Waals surface area (Å²) in [4.78, 5) is 45.6. The monoisotopic (exact) mass is 660 g/mol. The van der Waals surface area contributed by atoms with Crippen molar-refractivity contribution in [2.45, 2.75) is 33.1 Å². The molecule has 0 aliphatic carbocycles. The first-order valence-corrected chi connectivity index (χ1v) is 16.0. The fourth-order valence-electron chi connectivity index (χ4n) is 5.40. The van der Waals surface area contributed by atoms with Gasteiger partial charge in [-0.25, -0.2) is 9.78 Å². The number of benzene rings is 4. The fourth-order valence-corrected chi connectivity index (χ4v) is 6.41. The lowest BCUT2D eigenvalue weighted by Crippen LogP contribution is -2.29. The van der Waals surface area contributed by atoms with Gasteiger partial charge >= 0.3 is 11.9 Å². The molecule has 48 heavy (non-hydrogen) atoms. The van der Waals surface area contributed by atoms with Crippen LogP contribution in [0, 0.1) is 13.8 Å². The van der Waals surface area contributed by atoms with Crippen molar-refractivity contribution >= 4 is 39.9 Å². The van der Waals surface area contributed by atoms with Crippen molar-refractivity contribution in [3.8, 4) is 11.5 Å². The summed E-state index contributed by atoms with van der Waals surface area (Å²) in [5.74, 6) is -1.56. The molecule has 9 nitrogen and oxygen atoms in total. The summed E-state index contributed by atoms with van der Waals surface area (Å²) in [6.07, 6.45) is 0. The van der Waals surface area contributed by atoms with E-state index in [2.05, 4.69) is 4.98 Å². The minimum Gasteiger partial charge on any atom is -0.507 e. The Balaban J connectivity index is 1.34. The van der Waals surface area contributed by atoms with Crippen LogP contribution in [0.25, 0.3) is 5.76 Å². The smallest absolute Gasteiger partial charge is 0.350 e. The highest BCUT2D eigenvalue weighted by atomic mass is 32.1. The lowest BCUT2D eigenvalue weighted by atomic mass is 9.95. The summed E-state index contributed by atoms with van der Waals surface area (Å²) in [5, 5.41) is 11.7.